The molecule has 0 aliphatic carbocycles. The molecule has 118 valence electrons. The molecule has 6 nitrogen and oxygen atoms in total. The van der Waals surface area contributed by atoms with Crippen LogP contribution in [0.4, 0.5) is 11.4 Å². The molecule has 1 aliphatic heterocycles. The van der Waals surface area contributed by atoms with Gasteiger partial charge in [0.2, 0.25) is 0 Å². The summed E-state index contributed by atoms with van der Waals surface area (Å²) in [7, 11) is 0. The number of anilines is 1. The molecule has 1 atom stereocenters. The van der Waals surface area contributed by atoms with Gasteiger partial charge in [-0.25, -0.2) is 0 Å². The molecule has 0 spiro atoms. The molecule has 0 saturated heterocycles. The van der Waals surface area contributed by atoms with E-state index < -0.39 is 11.0 Å². The van der Waals surface area contributed by atoms with E-state index >= 15 is 0 Å². The number of ether oxygens (including phenoxy) is 1. The van der Waals surface area contributed by atoms with E-state index in [1.807, 2.05) is 24.3 Å². The largest absolute Gasteiger partial charge is 0.474 e. The predicted octanol–water partition coefficient (Wildman–Crippen LogP) is 2.95. The van der Waals surface area contributed by atoms with Crippen molar-refractivity contribution in [1.29, 1.82) is 0 Å². The van der Waals surface area contributed by atoms with Crippen LogP contribution in [0.15, 0.2) is 48.5 Å². The Kier molecular flexibility index (Phi) is 3.97. The summed E-state index contributed by atoms with van der Waals surface area (Å²) >= 11 is 0. The van der Waals surface area contributed by atoms with E-state index in [0.29, 0.717) is 6.54 Å². The van der Waals surface area contributed by atoms with Crippen LogP contribution in [0.25, 0.3) is 0 Å². The van der Waals surface area contributed by atoms with Crippen LogP contribution in [0.3, 0.4) is 0 Å². The Morgan fingerprint density at radius 2 is 1.91 bits per heavy atom. The highest BCUT2D eigenvalue weighted by atomic mass is 16.6. The fourth-order valence-electron chi connectivity index (χ4n) is 2.74. The maximum atomic E-state index is 12.6. The van der Waals surface area contributed by atoms with Crippen molar-refractivity contribution in [3.05, 3.63) is 64.2 Å². The van der Waals surface area contributed by atoms with Gasteiger partial charge in [0, 0.05) is 18.3 Å². The van der Waals surface area contributed by atoms with Gasteiger partial charge in [-0.3, -0.25) is 14.9 Å². The zero-order valence-corrected chi connectivity index (χ0v) is 12.6. The normalized spacial score (nSPS) is 14.2. The van der Waals surface area contributed by atoms with Gasteiger partial charge in [0.05, 0.1) is 4.92 Å². The fourth-order valence-corrected chi connectivity index (χ4v) is 2.74. The maximum absolute atomic E-state index is 12.6. The SMILES string of the molecule is CC(Oc1ccccc1[N+](=O)[O-])C(=O)N1CCc2ccccc21. The lowest BCUT2D eigenvalue weighted by atomic mass is 10.2. The molecule has 23 heavy (non-hydrogen) atoms. The lowest BCUT2D eigenvalue weighted by Crippen LogP contribution is -2.39. The monoisotopic (exact) mass is 312 g/mol. The number of rotatable bonds is 4. The Hall–Kier alpha value is -2.89. The molecule has 2 aromatic carbocycles. The molecule has 0 fully saturated rings. The highest BCUT2D eigenvalue weighted by Crippen LogP contribution is 2.30. The van der Waals surface area contributed by atoms with Crippen LogP contribution in [-0.4, -0.2) is 23.5 Å². The average molecular weight is 312 g/mol. The number of benzene rings is 2. The topological polar surface area (TPSA) is 72.7 Å². The van der Waals surface area contributed by atoms with Crippen molar-refractivity contribution in [2.45, 2.75) is 19.4 Å². The van der Waals surface area contributed by atoms with E-state index in [1.165, 1.54) is 12.1 Å². The van der Waals surface area contributed by atoms with Gasteiger partial charge in [-0.2, -0.15) is 0 Å². The minimum absolute atomic E-state index is 0.103. The number of hydrogen-bond acceptors (Lipinski definition) is 4. The van der Waals surface area contributed by atoms with Crippen LogP contribution in [0.1, 0.15) is 12.5 Å². The predicted molar refractivity (Wildman–Crippen MR) is 85.7 cm³/mol. The van der Waals surface area contributed by atoms with Gasteiger partial charge in [0.1, 0.15) is 0 Å². The van der Waals surface area contributed by atoms with Crippen LogP contribution in [0.5, 0.6) is 5.75 Å². The zero-order chi connectivity index (χ0) is 16.4. The molecule has 1 heterocycles. The molecule has 0 bridgehead atoms. The summed E-state index contributed by atoms with van der Waals surface area (Å²) < 4.78 is 5.56. The molecule has 0 saturated carbocycles. The Morgan fingerprint density at radius 1 is 1.22 bits per heavy atom. The van der Waals surface area contributed by atoms with Crippen LogP contribution in [-0.2, 0) is 11.2 Å². The number of nitrogens with zero attached hydrogens (tertiary/aromatic N) is 2. The number of carbonyl (C=O) groups is 1. The van der Waals surface area contributed by atoms with E-state index in [1.54, 1.807) is 24.0 Å². The van der Waals surface area contributed by atoms with Crippen LogP contribution < -0.4 is 9.64 Å². The van der Waals surface area contributed by atoms with E-state index in [2.05, 4.69) is 0 Å². The van der Waals surface area contributed by atoms with Crippen molar-refractivity contribution in [3.63, 3.8) is 0 Å². The molecular weight excluding hydrogens is 296 g/mol. The summed E-state index contributed by atoms with van der Waals surface area (Å²) in [6.07, 6.45) is 0.00221. The van der Waals surface area contributed by atoms with Crippen molar-refractivity contribution >= 4 is 17.3 Å². The third kappa shape index (κ3) is 2.88. The number of nitro groups is 1. The molecule has 3 rings (SSSR count). The molecule has 0 aromatic heterocycles. The average Bonchev–Trinajstić information content (AvgIpc) is 2.98. The van der Waals surface area contributed by atoms with E-state index in [9.17, 15) is 14.9 Å². The summed E-state index contributed by atoms with van der Waals surface area (Å²) in [5.41, 5.74) is 1.86. The standard InChI is InChI=1S/C17H16N2O4/c1-12(23-16-9-5-4-8-15(16)19(21)22)17(20)18-11-10-13-6-2-3-7-14(13)18/h2-9,12H,10-11H2,1H3. The van der Waals surface area contributed by atoms with E-state index in [0.717, 1.165) is 17.7 Å². The first-order valence-corrected chi connectivity index (χ1v) is 7.37. The number of nitro benzene ring substituents is 1. The highest BCUT2D eigenvalue weighted by Gasteiger charge is 2.29. The second-order valence-corrected chi connectivity index (χ2v) is 5.35. The van der Waals surface area contributed by atoms with E-state index in [-0.39, 0.29) is 17.3 Å². The van der Waals surface area contributed by atoms with E-state index in [4.69, 9.17) is 4.74 Å². The molecule has 1 amide bonds. The second-order valence-electron chi connectivity index (χ2n) is 5.35. The third-order valence-corrected chi connectivity index (χ3v) is 3.87. The first-order valence-electron chi connectivity index (χ1n) is 7.37. The third-order valence-electron chi connectivity index (χ3n) is 3.87. The van der Waals surface area contributed by atoms with Crippen molar-refractivity contribution in [3.8, 4) is 5.75 Å². The number of para-hydroxylation sites is 3. The number of amides is 1. The molecule has 0 radical (unpaired) electrons. The minimum atomic E-state index is -0.803. The van der Waals surface area contributed by atoms with Gasteiger partial charge in [-0.15, -0.1) is 0 Å². The Bertz CT molecular complexity index is 760. The summed E-state index contributed by atoms with van der Waals surface area (Å²) in [4.78, 5) is 24.8. The van der Waals surface area contributed by atoms with Crippen LogP contribution in [0.2, 0.25) is 0 Å². The first-order chi connectivity index (χ1) is 11.1. The Morgan fingerprint density at radius 3 is 2.70 bits per heavy atom. The van der Waals surface area contributed by atoms with Crippen LogP contribution in [0, 0.1) is 10.1 Å². The Balaban J connectivity index is 1.78. The van der Waals surface area contributed by atoms with Crippen molar-refractivity contribution in [2.24, 2.45) is 0 Å². The number of hydrogen-bond donors (Lipinski definition) is 0. The lowest BCUT2D eigenvalue weighted by molar-refractivity contribution is -0.386. The molecule has 2 aromatic rings. The van der Waals surface area contributed by atoms with Gasteiger partial charge in [-0.05, 0) is 31.0 Å². The Labute approximate surface area is 133 Å². The maximum Gasteiger partial charge on any atom is 0.310 e. The molecule has 6 heteroatoms. The lowest BCUT2D eigenvalue weighted by Gasteiger charge is -2.22. The molecular formula is C17H16N2O4. The fraction of sp³-hybridized carbons (Fsp3) is 0.235. The number of carbonyl (C=O) groups excluding carboxylic acids is 1. The summed E-state index contributed by atoms with van der Waals surface area (Å²) in [5.74, 6) is -0.0982. The van der Waals surface area contributed by atoms with Gasteiger partial charge in [0.15, 0.2) is 11.9 Å². The summed E-state index contributed by atoms with van der Waals surface area (Å²) in [6.45, 7) is 2.21. The van der Waals surface area contributed by atoms with Gasteiger partial charge in [-0.1, -0.05) is 30.3 Å². The minimum Gasteiger partial charge on any atom is -0.474 e. The molecule has 0 N–H and O–H groups in total. The first kappa shape index (κ1) is 15.0. The summed E-state index contributed by atoms with van der Waals surface area (Å²) in [5, 5.41) is 11.0. The quantitative estimate of drug-likeness (QED) is 0.642. The second kappa shape index (κ2) is 6.08. The van der Waals surface area contributed by atoms with Gasteiger partial charge < -0.3 is 9.64 Å². The molecule has 1 unspecified atom stereocenters. The zero-order valence-electron chi connectivity index (χ0n) is 12.6. The summed E-state index contributed by atoms with van der Waals surface area (Å²) in [6, 6.07) is 13.8. The number of fused-ring (bicyclic) bond motifs is 1. The molecule has 1 aliphatic rings. The van der Waals surface area contributed by atoms with Gasteiger partial charge >= 0.3 is 5.69 Å². The van der Waals surface area contributed by atoms with Crippen molar-refractivity contribution < 1.29 is 14.5 Å². The van der Waals surface area contributed by atoms with Crippen molar-refractivity contribution in [2.75, 3.05) is 11.4 Å². The van der Waals surface area contributed by atoms with Crippen LogP contribution >= 0.6 is 0 Å². The van der Waals surface area contributed by atoms with Gasteiger partial charge in [0.25, 0.3) is 5.91 Å². The van der Waals surface area contributed by atoms with Crippen molar-refractivity contribution in [1.82, 2.24) is 0 Å². The highest BCUT2D eigenvalue weighted by molar-refractivity contribution is 5.98. The smallest absolute Gasteiger partial charge is 0.310 e.